The largest absolute Gasteiger partial charge is 0.465 e. The molecule has 0 bridgehead atoms. The maximum atomic E-state index is 12.3. The molecule has 2 atom stereocenters. The van der Waals surface area contributed by atoms with Crippen LogP contribution in [0.4, 0.5) is 11.4 Å². The van der Waals surface area contributed by atoms with Crippen LogP contribution in [0.15, 0.2) is 125 Å². The summed E-state index contributed by atoms with van der Waals surface area (Å²) in [5, 5.41) is 15.0. The van der Waals surface area contributed by atoms with E-state index in [0.717, 1.165) is 32.6 Å². The van der Waals surface area contributed by atoms with Crippen molar-refractivity contribution in [1.82, 2.24) is 14.9 Å². The Morgan fingerprint density at radius 1 is 0.953 bits per heavy atom. The van der Waals surface area contributed by atoms with Gasteiger partial charge in [-0.3, -0.25) is 15.1 Å². The number of hydrogen-bond donors (Lipinski definition) is 1. The molecule has 5 aromatic rings. The Morgan fingerprint density at radius 2 is 1.70 bits per heavy atom. The predicted octanol–water partition coefficient (Wildman–Crippen LogP) is 6.90. The quantitative estimate of drug-likeness (QED) is 0.0874. The van der Waals surface area contributed by atoms with Crippen LogP contribution in [0.2, 0.25) is 0 Å². The number of rotatable bonds is 8. The fourth-order valence-corrected chi connectivity index (χ4v) is 6.31. The van der Waals surface area contributed by atoms with Crippen molar-refractivity contribution in [3.8, 4) is 5.69 Å². The predicted molar refractivity (Wildman–Crippen MR) is 169 cm³/mol. The number of thiocarbonyl (C=S) groups is 1. The minimum absolute atomic E-state index is 0.0602. The normalized spacial score (nSPS) is 16.1. The van der Waals surface area contributed by atoms with Crippen molar-refractivity contribution in [2.45, 2.75) is 21.9 Å². The number of nitrogens with zero attached hydrogens (tertiary/aromatic N) is 4. The first-order valence-corrected chi connectivity index (χ1v) is 14.5. The number of methoxy groups -OCH3 is 1. The molecule has 2 aromatic heterocycles. The monoisotopic (exact) mass is 607 g/mol. The van der Waals surface area contributed by atoms with E-state index >= 15 is 0 Å². The van der Waals surface area contributed by atoms with Crippen molar-refractivity contribution >= 4 is 46.4 Å². The average molecular weight is 608 g/mol. The second-order valence-electron chi connectivity index (χ2n) is 9.69. The van der Waals surface area contributed by atoms with Crippen LogP contribution < -0.4 is 10.2 Å². The number of ether oxygens (including phenoxy) is 1. The molecule has 9 nitrogen and oxygen atoms in total. The standard InChI is InChI=1S/C32H25N5O4S2/c1-41-31(38)21-6-4-7-24(20-21)35-19-5-9-28(35)30-29(27-8-2-3-18-33-27)34-32(42)36(30)22-10-14-25(15-11-22)43-26-16-12-23(13-17-26)37(39)40/h2-20,29-30H,1H3,(H,34,42)/t29-,30+/m1/s1. The van der Waals surface area contributed by atoms with Crippen molar-refractivity contribution in [2.24, 2.45) is 0 Å². The zero-order valence-electron chi connectivity index (χ0n) is 22.9. The third-order valence-corrected chi connectivity index (χ3v) is 8.46. The molecule has 1 aliphatic rings. The van der Waals surface area contributed by atoms with Gasteiger partial charge in [-0.25, -0.2) is 4.79 Å². The van der Waals surface area contributed by atoms with Crippen LogP contribution in [-0.4, -0.2) is 32.7 Å². The molecule has 214 valence electrons. The van der Waals surface area contributed by atoms with Gasteiger partial charge >= 0.3 is 5.97 Å². The van der Waals surface area contributed by atoms with Crippen LogP contribution in [0.1, 0.15) is 33.8 Å². The number of benzene rings is 3. The highest BCUT2D eigenvalue weighted by molar-refractivity contribution is 7.99. The van der Waals surface area contributed by atoms with Gasteiger partial charge in [0.15, 0.2) is 5.11 Å². The van der Waals surface area contributed by atoms with Gasteiger partial charge < -0.3 is 19.5 Å². The molecule has 0 amide bonds. The molecule has 11 heteroatoms. The number of nitro benzene ring substituents is 1. The van der Waals surface area contributed by atoms with Gasteiger partial charge in [-0.1, -0.05) is 23.9 Å². The van der Waals surface area contributed by atoms with Crippen LogP contribution in [0.5, 0.6) is 0 Å². The van der Waals surface area contributed by atoms with Gasteiger partial charge in [-0.05, 0) is 91.1 Å². The summed E-state index contributed by atoms with van der Waals surface area (Å²) in [5.41, 5.74) is 4.03. The van der Waals surface area contributed by atoms with Gasteiger partial charge in [0.2, 0.25) is 0 Å². The highest BCUT2D eigenvalue weighted by Gasteiger charge is 2.42. The number of anilines is 1. The van der Waals surface area contributed by atoms with Crippen molar-refractivity contribution in [3.05, 3.63) is 143 Å². The summed E-state index contributed by atoms with van der Waals surface area (Å²) in [6, 6.07) is 31.2. The number of non-ortho nitro benzene ring substituents is 1. The second kappa shape index (κ2) is 12.1. The lowest BCUT2D eigenvalue weighted by Gasteiger charge is -2.29. The Labute approximate surface area is 257 Å². The number of pyridine rings is 1. The zero-order valence-corrected chi connectivity index (χ0v) is 24.5. The van der Waals surface area contributed by atoms with Crippen molar-refractivity contribution in [1.29, 1.82) is 0 Å². The summed E-state index contributed by atoms with van der Waals surface area (Å²) in [6.45, 7) is 0. The molecule has 1 saturated heterocycles. The lowest BCUT2D eigenvalue weighted by Crippen LogP contribution is -2.30. The average Bonchev–Trinajstić information content (AvgIpc) is 3.66. The van der Waals surface area contributed by atoms with Gasteiger partial charge in [0.1, 0.15) is 6.04 Å². The lowest BCUT2D eigenvalue weighted by molar-refractivity contribution is -0.384. The number of carbonyl (C=O) groups excluding carboxylic acids is 1. The highest BCUT2D eigenvalue weighted by Crippen LogP contribution is 2.43. The molecular formula is C32H25N5O4S2. The van der Waals surface area contributed by atoms with Gasteiger partial charge in [0.05, 0.1) is 29.3 Å². The molecule has 0 saturated carbocycles. The summed E-state index contributed by atoms with van der Waals surface area (Å²) in [5.74, 6) is -0.404. The summed E-state index contributed by atoms with van der Waals surface area (Å²) in [4.78, 5) is 31.5. The van der Waals surface area contributed by atoms with E-state index in [1.165, 1.54) is 31.0 Å². The molecular weight excluding hydrogens is 583 g/mol. The molecule has 1 N–H and O–H groups in total. The number of nitro groups is 1. The van der Waals surface area contributed by atoms with Crippen LogP contribution in [0.3, 0.4) is 0 Å². The fraction of sp³-hybridized carbons (Fsp3) is 0.0938. The molecule has 0 unspecified atom stereocenters. The molecule has 1 fully saturated rings. The lowest BCUT2D eigenvalue weighted by atomic mass is 10.0. The van der Waals surface area contributed by atoms with E-state index in [0.29, 0.717) is 10.7 Å². The van der Waals surface area contributed by atoms with E-state index in [1.807, 2.05) is 72.9 Å². The third-order valence-electron chi connectivity index (χ3n) is 7.12. The molecule has 0 aliphatic carbocycles. The Morgan fingerprint density at radius 3 is 2.37 bits per heavy atom. The molecule has 0 spiro atoms. The maximum absolute atomic E-state index is 12.3. The maximum Gasteiger partial charge on any atom is 0.337 e. The first-order valence-electron chi connectivity index (χ1n) is 13.3. The molecule has 0 radical (unpaired) electrons. The number of hydrogen-bond acceptors (Lipinski definition) is 7. The Kier molecular flexibility index (Phi) is 7.91. The molecule has 1 aliphatic heterocycles. The van der Waals surface area contributed by atoms with E-state index < -0.39 is 10.9 Å². The smallest absolute Gasteiger partial charge is 0.337 e. The van der Waals surface area contributed by atoms with E-state index in [9.17, 15) is 14.9 Å². The van der Waals surface area contributed by atoms with E-state index in [1.54, 1.807) is 30.5 Å². The van der Waals surface area contributed by atoms with E-state index in [-0.39, 0.29) is 17.8 Å². The zero-order chi connectivity index (χ0) is 29.9. The topological polar surface area (TPSA) is 103 Å². The second-order valence-corrected chi connectivity index (χ2v) is 11.2. The summed E-state index contributed by atoms with van der Waals surface area (Å²) >= 11 is 7.43. The Bertz CT molecular complexity index is 1790. The number of aromatic nitrogens is 2. The molecule has 6 rings (SSSR count). The first kappa shape index (κ1) is 28.1. The van der Waals surface area contributed by atoms with Crippen LogP contribution in [-0.2, 0) is 4.74 Å². The summed E-state index contributed by atoms with van der Waals surface area (Å²) in [7, 11) is 1.37. The van der Waals surface area contributed by atoms with Gasteiger partial charge in [0.25, 0.3) is 5.69 Å². The summed E-state index contributed by atoms with van der Waals surface area (Å²) in [6.07, 6.45) is 3.73. The minimum Gasteiger partial charge on any atom is -0.465 e. The van der Waals surface area contributed by atoms with E-state index in [2.05, 4.69) is 19.8 Å². The highest BCUT2D eigenvalue weighted by atomic mass is 32.2. The van der Waals surface area contributed by atoms with Gasteiger partial charge in [-0.2, -0.15) is 0 Å². The van der Waals surface area contributed by atoms with Crippen LogP contribution in [0, 0.1) is 10.1 Å². The third kappa shape index (κ3) is 5.72. The number of nitrogens with one attached hydrogen (secondary N) is 1. The fourth-order valence-electron chi connectivity index (χ4n) is 5.15. The minimum atomic E-state index is -0.406. The van der Waals surface area contributed by atoms with E-state index in [4.69, 9.17) is 17.0 Å². The molecule has 3 aromatic carbocycles. The van der Waals surface area contributed by atoms with Crippen LogP contribution in [0.25, 0.3) is 5.69 Å². The van der Waals surface area contributed by atoms with Crippen molar-refractivity contribution < 1.29 is 14.5 Å². The molecule has 3 heterocycles. The Hall–Kier alpha value is -5.00. The van der Waals surface area contributed by atoms with Gasteiger partial charge in [0, 0.05) is 51.4 Å². The van der Waals surface area contributed by atoms with Gasteiger partial charge in [-0.15, -0.1) is 0 Å². The van der Waals surface area contributed by atoms with Crippen molar-refractivity contribution in [3.63, 3.8) is 0 Å². The SMILES string of the molecule is COC(=O)c1cccc(-n2cccc2[C@H]2[C@@H](c3ccccn3)NC(=S)N2c2ccc(Sc3ccc([N+](=O)[O-])cc3)cc2)c1. The molecule has 43 heavy (non-hydrogen) atoms. The van der Waals surface area contributed by atoms with Crippen LogP contribution >= 0.6 is 24.0 Å². The van der Waals surface area contributed by atoms with Crippen molar-refractivity contribution in [2.75, 3.05) is 12.0 Å². The summed E-state index contributed by atoms with van der Waals surface area (Å²) < 4.78 is 6.99. The first-order chi connectivity index (χ1) is 20.9. The number of esters is 1. The Balaban J connectivity index is 1.36. The number of carbonyl (C=O) groups is 1.